The Kier molecular flexibility index (Phi) is 5.47. The second-order valence-corrected chi connectivity index (χ2v) is 6.18. The van der Waals surface area contributed by atoms with E-state index < -0.39 is 16.7 Å². The van der Waals surface area contributed by atoms with Crippen LogP contribution in [0.5, 0.6) is 0 Å². The molecule has 0 spiro atoms. The summed E-state index contributed by atoms with van der Waals surface area (Å²) in [6.45, 7) is 9.51. The van der Waals surface area contributed by atoms with E-state index in [1.165, 1.54) is 22.9 Å². The van der Waals surface area contributed by atoms with E-state index in [0.717, 1.165) is 12.8 Å². The molecule has 0 bridgehead atoms. The molecular formula is C16H24N2O3. The Bertz CT molecular complexity index is 648. The molecular weight excluding hydrogens is 268 g/mol. The number of rotatable bonds is 6. The summed E-state index contributed by atoms with van der Waals surface area (Å²) in [5.41, 5.74) is -1.05. The molecule has 5 nitrogen and oxygen atoms in total. The normalized spacial score (nSPS) is 12.3. The van der Waals surface area contributed by atoms with Gasteiger partial charge in [0.15, 0.2) is 5.78 Å². The number of aromatic amines is 1. The van der Waals surface area contributed by atoms with Crippen LogP contribution in [0.2, 0.25) is 0 Å². The lowest BCUT2D eigenvalue weighted by atomic mass is 9.83. The Morgan fingerprint density at radius 1 is 1.38 bits per heavy atom. The average molecular weight is 292 g/mol. The zero-order chi connectivity index (χ0) is 16.2. The minimum absolute atomic E-state index is 0.0222. The van der Waals surface area contributed by atoms with Crippen LogP contribution in [0, 0.1) is 5.41 Å². The second-order valence-electron chi connectivity index (χ2n) is 6.18. The summed E-state index contributed by atoms with van der Waals surface area (Å²) in [4.78, 5) is 37.8. The van der Waals surface area contributed by atoms with Crippen LogP contribution in [0.4, 0.5) is 0 Å². The first-order chi connectivity index (χ1) is 9.69. The van der Waals surface area contributed by atoms with Gasteiger partial charge in [0.1, 0.15) is 0 Å². The summed E-state index contributed by atoms with van der Waals surface area (Å²) in [5, 5.41) is 0. The summed E-state index contributed by atoms with van der Waals surface area (Å²) in [6.07, 6.45) is 6.11. The zero-order valence-electron chi connectivity index (χ0n) is 13.4. The Morgan fingerprint density at radius 3 is 2.52 bits per heavy atom. The predicted octanol–water partition coefficient (Wildman–Crippen LogP) is 2.53. The number of H-pyrrole nitrogens is 1. The maximum absolute atomic E-state index is 12.2. The van der Waals surface area contributed by atoms with Crippen molar-refractivity contribution in [1.29, 1.82) is 0 Å². The molecule has 1 aromatic heterocycles. The molecule has 0 aliphatic carbocycles. The smallest absolute Gasteiger partial charge is 0.297 e. The molecule has 0 atom stereocenters. The van der Waals surface area contributed by atoms with Crippen LogP contribution in [0.25, 0.3) is 6.08 Å². The number of nitrogens with one attached hydrogen (secondary N) is 1. The molecule has 0 aliphatic rings. The molecule has 0 radical (unpaired) electrons. The number of hydrogen-bond donors (Lipinski definition) is 1. The van der Waals surface area contributed by atoms with Gasteiger partial charge in [0.05, 0.1) is 5.56 Å². The summed E-state index contributed by atoms with van der Waals surface area (Å²) < 4.78 is 1.43. The number of ketones is 1. The molecule has 0 aromatic carbocycles. The monoisotopic (exact) mass is 292 g/mol. The van der Waals surface area contributed by atoms with E-state index >= 15 is 0 Å². The minimum Gasteiger partial charge on any atom is -0.297 e. The van der Waals surface area contributed by atoms with Crippen LogP contribution >= 0.6 is 0 Å². The van der Waals surface area contributed by atoms with Gasteiger partial charge in [0, 0.05) is 17.7 Å². The summed E-state index contributed by atoms with van der Waals surface area (Å²) in [5.74, 6) is -0.0222. The Balaban J connectivity index is 3.11. The Labute approximate surface area is 124 Å². The van der Waals surface area contributed by atoms with E-state index in [1.807, 2.05) is 34.6 Å². The van der Waals surface area contributed by atoms with Crippen molar-refractivity contribution in [3.63, 3.8) is 0 Å². The van der Waals surface area contributed by atoms with Crippen molar-refractivity contribution in [2.75, 3.05) is 0 Å². The molecule has 5 heteroatoms. The number of hydrogen-bond acceptors (Lipinski definition) is 3. The van der Waals surface area contributed by atoms with Crippen molar-refractivity contribution >= 4 is 11.9 Å². The Hall–Kier alpha value is -1.91. The highest BCUT2D eigenvalue weighted by Crippen LogP contribution is 2.24. The summed E-state index contributed by atoms with van der Waals surface area (Å²) >= 11 is 0. The second kappa shape index (κ2) is 6.70. The van der Waals surface area contributed by atoms with Gasteiger partial charge >= 0.3 is 5.69 Å². The van der Waals surface area contributed by atoms with Crippen LogP contribution in [-0.2, 0) is 4.79 Å². The fourth-order valence-corrected chi connectivity index (χ4v) is 2.14. The summed E-state index contributed by atoms with van der Waals surface area (Å²) in [6, 6.07) is -0.0614. The molecule has 0 saturated carbocycles. The average Bonchev–Trinajstić information content (AvgIpc) is 2.36. The van der Waals surface area contributed by atoms with Gasteiger partial charge in [-0.25, -0.2) is 4.79 Å². The molecule has 0 unspecified atom stereocenters. The predicted molar refractivity (Wildman–Crippen MR) is 84.4 cm³/mol. The van der Waals surface area contributed by atoms with Crippen LogP contribution in [-0.4, -0.2) is 15.3 Å². The van der Waals surface area contributed by atoms with Gasteiger partial charge in [-0.3, -0.25) is 19.1 Å². The van der Waals surface area contributed by atoms with Gasteiger partial charge in [-0.2, -0.15) is 0 Å². The van der Waals surface area contributed by atoms with Crippen LogP contribution in [0.1, 0.15) is 59.1 Å². The Morgan fingerprint density at radius 2 is 2.00 bits per heavy atom. The van der Waals surface area contributed by atoms with Crippen molar-refractivity contribution in [3.8, 4) is 0 Å². The fourth-order valence-electron chi connectivity index (χ4n) is 2.14. The molecule has 0 fully saturated rings. The van der Waals surface area contributed by atoms with Crippen molar-refractivity contribution in [3.05, 3.63) is 38.7 Å². The molecule has 0 aliphatic heterocycles. The number of nitrogens with zero attached hydrogens (tertiary/aromatic N) is 1. The maximum Gasteiger partial charge on any atom is 0.328 e. The first-order valence-corrected chi connectivity index (χ1v) is 7.27. The van der Waals surface area contributed by atoms with Crippen LogP contribution < -0.4 is 11.2 Å². The number of allylic oxidation sites excluding steroid dienone is 1. The van der Waals surface area contributed by atoms with Gasteiger partial charge in [0.25, 0.3) is 5.56 Å². The minimum atomic E-state index is -0.478. The van der Waals surface area contributed by atoms with Gasteiger partial charge in [0.2, 0.25) is 0 Å². The first-order valence-electron chi connectivity index (χ1n) is 7.27. The highest BCUT2D eigenvalue weighted by atomic mass is 16.2. The molecule has 1 aromatic rings. The lowest BCUT2D eigenvalue weighted by molar-refractivity contribution is -0.122. The molecule has 21 heavy (non-hydrogen) atoms. The molecule has 1 heterocycles. The highest BCUT2D eigenvalue weighted by molar-refractivity contribution is 5.97. The van der Waals surface area contributed by atoms with Gasteiger partial charge in [-0.05, 0) is 32.4 Å². The third kappa shape index (κ3) is 4.28. The van der Waals surface area contributed by atoms with E-state index in [0.29, 0.717) is 5.56 Å². The van der Waals surface area contributed by atoms with E-state index in [1.54, 1.807) is 0 Å². The zero-order valence-corrected chi connectivity index (χ0v) is 13.4. The standard InChI is InChI=1S/C16H24N2O3/c1-6-9-16(4,5)13(19)8-7-12-10-18(11(2)3)15(21)17-14(12)20/h7-8,10-11H,6,9H2,1-5H3,(H,17,20,21)/b8-7+. The van der Waals surface area contributed by atoms with E-state index in [4.69, 9.17) is 0 Å². The lowest BCUT2D eigenvalue weighted by Gasteiger charge is -2.19. The lowest BCUT2D eigenvalue weighted by Crippen LogP contribution is -2.31. The molecule has 0 saturated heterocycles. The van der Waals surface area contributed by atoms with Crippen LogP contribution in [0.3, 0.4) is 0 Å². The van der Waals surface area contributed by atoms with Crippen molar-refractivity contribution < 1.29 is 4.79 Å². The van der Waals surface area contributed by atoms with Crippen molar-refractivity contribution in [2.45, 2.75) is 53.5 Å². The third-order valence-corrected chi connectivity index (χ3v) is 3.51. The van der Waals surface area contributed by atoms with Crippen molar-refractivity contribution in [2.24, 2.45) is 5.41 Å². The molecule has 0 amide bonds. The quantitative estimate of drug-likeness (QED) is 0.819. The first kappa shape index (κ1) is 17.1. The molecule has 1 N–H and O–H groups in total. The SMILES string of the molecule is CCCC(C)(C)C(=O)/C=C/c1cn(C(C)C)c(=O)[nH]c1=O. The van der Waals surface area contributed by atoms with E-state index in [2.05, 4.69) is 4.98 Å². The van der Waals surface area contributed by atoms with E-state index in [-0.39, 0.29) is 11.8 Å². The maximum atomic E-state index is 12.2. The van der Waals surface area contributed by atoms with Gasteiger partial charge < -0.3 is 0 Å². The van der Waals surface area contributed by atoms with Crippen molar-refractivity contribution in [1.82, 2.24) is 9.55 Å². The topological polar surface area (TPSA) is 71.9 Å². The number of carbonyl (C=O) groups is 1. The largest absolute Gasteiger partial charge is 0.328 e. The molecule has 1 rings (SSSR count). The summed E-state index contributed by atoms with van der Waals surface area (Å²) in [7, 11) is 0. The fraction of sp³-hybridized carbons (Fsp3) is 0.562. The van der Waals surface area contributed by atoms with Gasteiger partial charge in [-0.15, -0.1) is 0 Å². The molecule has 116 valence electrons. The van der Waals surface area contributed by atoms with Gasteiger partial charge in [-0.1, -0.05) is 27.2 Å². The third-order valence-electron chi connectivity index (χ3n) is 3.51. The van der Waals surface area contributed by atoms with Crippen LogP contribution in [0.15, 0.2) is 21.9 Å². The number of aromatic nitrogens is 2. The highest BCUT2D eigenvalue weighted by Gasteiger charge is 2.23. The number of carbonyl (C=O) groups excluding carboxylic acids is 1. The van der Waals surface area contributed by atoms with E-state index in [9.17, 15) is 14.4 Å².